The number of nitrogens with zero attached hydrogens (tertiary/aromatic N) is 1. The van der Waals surface area contributed by atoms with Crippen molar-refractivity contribution in [3.63, 3.8) is 0 Å². The second kappa shape index (κ2) is 30.3. The molecule has 0 aromatic carbocycles. The minimum absolute atomic E-state index is 0.374. The molecule has 0 spiro atoms. The molecule has 224 valence electrons. The molecule has 37 heavy (non-hydrogen) atoms. The van der Waals surface area contributed by atoms with Crippen molar-refractivity contribution in [2.75, 3.05) is 46.1 Å². The summed E-state index contributed by atoms with van der Waals surface area (Å²) < 4.78 is 11.2. The molecule has 0 saturated carbocycles. The van der Waals surface area contributed by atoms with Crippen LogP contribution < -0.4 is 0 Å². The van der Waals surface area contributed by atoms with E-state index in [9.17, 15) is 10.2 Å². The number of unbranched alkanes of at least 4 members (excludes halogenated alkanes) is 17. The molecule has 5 heteroatoms. The van der Waals surface area contributed by atoms with E-state index in [-0.39, 0.29) is 0 Å². The van der Waals surface area contributed by atoms with E-state index < -0.39 is 12.2 Å². The second-order valence-electron chi connectivity index (χ2n) is 11.2. The van der Waals surface area contributed by atoms with Crippen molar-refractivity contribution in [3.8, 4) is 0 Å². The monoisotopic (exact) mass is 530 g/mol. The lowest BCUT2D eigenvalue weighted by Crippen LogP contribution is -2.41. The maximum atomic E-state index is 10.4. The summed E-state index contributed by atoms with van der Waals surface area (Å²) in [6, 6.07) is 0. The van der Waals surface area contributed by atoms with Crippen LogP contribution in [0.15, 0.2) is 0 Å². The first kappa shape index (κ1) is 36.8. The highest BCUT2D eigenvalue weighted by Gasteiger charge is 2.16. The smallest absolute Gasteiger partial charge is 0.0900 e. The minimum Gasteiger partial charge on any atom is -0.389 e. The van der Waals surface area contributed by atoms with Crippen molar-refractivity contribution in [1.29, 1.82) is 0 Å². The summed E-state index contributed by atoms with van der Waals surface area (Å²) >= 11 is 0. The summed E-state index contributed by atoms with van der Waals surface area (Å²) in [5.41, 5.74) is 0. The quantitative estimate of drug-likeness (QED) is 0.0894. The van der Waals surface area contributed by atoms with Crippen molar-refractivity contribution in [1.82, 2.24) is 4.90 Å². The predicted molar refractivity (Wildman–Crippen MR) is 159 cm³/mol. The third-order valence-electron chi connectivity index (χ3n) is 7.17. The number of hydrogen-bond acceptors (Lipinski definition) is 5. The van der Waals surface area contributed by atoms with Gasteiger partial charge in [-0.1, -0.05) is 130 Å². The van der Waals surface area contributed by atoms with Crippen molar-refractivity contribution >= 4 is 0 Å². The molecule has 0 rings (SSSR count). The van der Waals surface area contributed by atoms with Crippen molar-refractivity contribution in [3.05, 3.63) is 0 Å². The van der Waals surface area contributed by atoms with Crippen LogP contribution in [-0.4, -0.2) is 73.4 Å². The van der Waals surface area contributed by atoms with E-state index in [4.69, 9.17) is 9.47 Å². The van der Waals surface area contributed by atoms with E-state index >= 15 is 0 Å². The van der Waals surface area contributed by atoms with E-state index in [1.54, 1.807) is 0 Å². The zero-order chi connectivity index (χ0) is 27.2. The topological polar surface area (TPSA) is 62.2 Å². The number of hydrogen-bond donors (Lipinski definition) is 2. The molecule has 0 aromatic rings. The van der Waals surface area contributed by atoms with Crippen LogP contribution in [0.3, 0.4) is 0 Å². The first-order valence-corrected chi connectivity index (χ1v) is 16.4. The Kier molecular flexibility index (Phi) is 30.2. The number of aliphatic hydroxyl groups excluding tert-OH is 2. The zero-order valence-corrected chi connectivity index (χ0v) is 25.4. The summed E-state index contributed by atoms with van der Waals surface area (Å²) in [5, 5.41) is 20.9. The van der Waals surface area contributed by atoms with E-state index in [1.165, 1.54) is 96.3 Å². The van der Waals surface area contributed by atoms with Crippen LogP contribution in [0.1, 0.15) is 149 Å². The van der Waals surface area contributed by atoms with Crippen LogP contribution in [0, 0.1) is 0 Å². The molecule has 2 unspecified atom stereocenters. The van der Waals surface area contributed by atoms with Gasteiger partial charge >= 0.3 is 0 Å². The number of ether oxygens (including phenoxy) is 2. The molecule has 0 fully saturated rings. The predicted octanol–water partition coefficient (Wildman–Crippen LogP) is 7.91. The first-order chi connectivity index (χ1) is 18.1. The summed E-state index contributed by atoms with van der Waals surface area (Å²) in [6.45, 7) is 10.8. The Labute approximate surface area is 232 Å². The van der Waals surface area contributed by atoms with Gasteiger partial charge in [0.2, 0.25) is 0 Å². The van der Waals surface area contributed by atoms with E-state index in [0.29, 0.717) is 39.5 Å². The van der Waals surface area contributed by atoms with Crippen molar-refractivity contribution in [2.24, 2.45) is 0 Å². The normalized spacial score (nSPS) is 13.5. The molecule has 0 bridgehead atoms. The van der Waals surface area contributed by atoms with Gasteiger partial charge in [-0.05, 0) is 25.8 Å². The molecular formula is C32H67NO4. The van der Waals surface area contributed by atoms with Gasteiger partial charge in [0.15, 0.2) is 0 Å². The van der Waals surface area contributed by atoms with Crippen LogP contribution in [0.25, 0.3) is 0 Å². The molecule has 0 aromatic heterocycles. The average molecular weight is 530 g/mol. The number of rotatable bonds is 31. The fourth-order valence-electron chi connectivity index (χ4n) is 4.77. The molecular weight excluding hydrogens is 462 g/mol. The Morgan fingerprint density at radius 1 is 0.459 bits per heavy atom. The molecule has 2 atom stereocenters. The fourth-order valence-corrected chi connectivity index (χ4v) is 4.77. The Bertz CT molecular complexity index is 404. The van der Waals surface area contributed by atoms with Gasteiger partial charge in [-0.25, -0.2) is 0 Å². The van der Waals surface area contributed by atoms with E-state index in [0.717, 1.165) is 38.6 Å². The third-order valence-corrected chi connectivity index (χ3v) is 7.17. The molecule has 5 nitrogen and oxygen atoms in total. The molecule has 2 N–H and O–H groups in total. The largest absolute Gasteiger partial charge is 0.389 e. The second-order valence-corrected chi connectivity index (χ2v) is 11.2. The van der Waals surface area contributed by atoms with Gasteiger partial charge in [-0.15, -0.1) is 0 Å². The summed E-state index contributed by atoms with van der Waals surface area (Å²) in [4.78, 5) is 2.20. The number of aliphatic hydroxyl groups is 2. The highest BCUT2D eigenvalue weighted by Crippen LogP contribution is 2.14. The molecule has 0 amide bonds. The highest BCUT2D eigenvalue weighted by molar-refractivity contribution is 4.69. The van der Waals surface area contributed by atoms with Crippen LogP contribution in [0.2, 0.25) is 0 Å². The van der Waals surface area contributed by atoms with Gasteiger partial charge in [0.05, 0.1) is 25.4 Å². The minimum atomic E-state index is -0.508. The van der Waals surface area contributed by atoms with Crippen LogP contribution >= 0.6 is 0 Å². The van der Waals surface area contributed by atoms with Gasteiger partial charge in [0.25, 0.3) is 0 Å². The van der Waals surface area contributed by atoms with Crippen molar-refractivity contribution in [2.45, 2.75) is 161 Å². The third kappa shape index (κ3) is 28.6. The molecule has 0 heterocycles. The lowest BCUT2D eigenvalue weighted by molar-refractivity contribution is -0.0110. The summed E-state index contributed by atoms with van der Waals surface area (Å²) in [7, 11) is 0. The average Bonchev–Trinajstić information content (AvgIpc) is 2.88. The van der Waals surface area contributed by atoms with E-state index in [2.05, 4.69) is 25.7 Å². The summed E-state index contributed by atoms with van der Waals surface area (Å²) in [6.07, 6.45) is 25.1. The van der Waals surface area contributed by atoms with Crippen LogP contribution in [0.5, 0.6) is 0 Å². The van der Waals surface area contributed by atoms with Gasteiger partial charge in [0, 0.05) is 26.3 Å². The van der Waals surface area contributed by atoms with Gasteiger partial charge < -0.3 is 19.7 Å². The molecule has 0 saturated heterocycles. The Morgan fingerprint density at radius 2 is 0.784 bits per heavy atom. The Morgan fingerprint density at radius 3 is 1.14 bits per heavy atom. The maximum Gasteiger partial charge on any atom is 0.0900 e. The van der Waals surface area contributed by atoms with Crippen molar-refractivity contribution < 1.29 is 19.7 Å². The van der Waals surface area contributed by atoms with Gasteiger partial charge in [-0.2, -0.15) is 0 Å². The standard InChI is InChI=1S/C32H67NO4/c1-4-7-10-11-12-13-14-15-16-17-18-19-20-21-22-23-24-33(27-31(34)29-36-25-8-5-2)28-32(35)30-37-26-9-6-3/h31-32,34-35H,4-30H2,1-3H3. The van der Waals surface area contributed by atoms with Crippen LogP contribution in [0.4, 0.5) is 0 Å². The highest BCUT2D eigenvalue weighted by atomic mass is 16.5. The Hall–Kier alpha value is -0.200. The molecule has 0 aliphatic carbocycles. The molecule has 0 radical (unpaired) electrons. The fraction of sp³-hybridized carbons (Fsp3) is 1.00. The SMILES string of the molecule is CCCCCCCCCCCCCCCCCCN(CC(O)COCCCC)CC(O)COCCCC. The van der Waals surface area contributed by atoms with Gasteiger partial charge in [-0.3, -0.25) is 4.90 Å². The summed E-state index contributed by atoms with van der Waals surface area (Å²) in [5.74, 6) is 0. The zero-order valence-electron chi connectivity index (χ0n) is 25.4. The molecule has 0 aliphatic heterocycles. The lowest BCUT2D eigenvalue weighted by Gasteiger charge is -2.27. The Balaban J connectivity index is 3.89. The van der Waals surface area contributed by atoms with E-state index in [1.807, 2.05) is 0 Å². The maximum absolute atomic E-state index is 10.4. The first-order valence-electron chi connectivity index (χ1n) is 16.4. The molecule has 0 aliphatic rings. The van der Waals surface area contributed by atoms with Crippen LogP contribution in [-0.2, 0) is 9.47 Å². The van der Waals surface area contributed by atoms with Gasteiger partial charge in [0.1, 0.15) is 0 Å². The lowest BCUT2D eigenvalue weighted by atomic mass is 10.0.